The third-order valence-corrected chi connectivity index (χ3v) is 3.34. The lowest BCUT2D eigenvalue weighted by molar-refractivity contribution is 0.827. The van der Waals surface area contributed by atoms with Gasteiger partial charge >= 0.3 is 0 Å². The lowest BCUT2D eigenvalue weighted by Gasteiger charge is -2.12. The monoisotopic (exact) mass is 251 g/mol. The zero-order valence-electron chi connectivity index (χ0n) is 10.5. The average molecular weight is 251 g/mol. The van der Waals surface area contributed by atoms with Gasteiger partial charge in [-0.3, -0.25) is 9.78 Å². The van der Waals surface area contributed by atoms with Crippen LogP contribution in [0.5, 0.6) is 0 Å². The number of nitrogens with one attached hydrogen (secondary N) is 1. The molecule has 1 atom stereocenters. The minimum Gasteiger partial charge on any atom is -0.267 e. The number of pyridine rings is 1. The Hall–Kier alpha value is -2.49. The maximum Gasteiger partial charge on any atom is 0.272 e. The fourth-order valence-electron chi connectivity index (χ4n) is 2.28. The summed E-state index contributed by atoms with van der Waals surface area (Å²) in [6, 6.07) is 11.5. The van der Waals surface area contributed by atoms with Crippen molar-refractivity contribution in [3.05, 3.63) is 70.4 Å². The molecule has 3 rings (SSSR count). The van der Waals surface area contributed by atoms with Crippen molar-refractivity contribution < 1.29 is 0 Å². The largest absolute Gasteiger partial charge is 0.272 e. The molecule has 0 fully saturated rings. The topological polar surface area (TPSA) is 58.6 Å². The Morgan fingerprint density at radius 1 is 1.05 bits per heavy atom. The van der Waals surface area contributed by atoms with E-state index in [4.69, 9.17) is 0 Å². The van der Waals surface area contributed by atoms with Crippen LogP contribution in [0.2, 0.25) is 0 Å². The number of nitrogens with zero attached hydrogens (tertiary/aromatic N) is 2. The molecule has 19 heavy (non-hydrogen) atoms. The van der Waals surface area contributed by atoms with Crippen LogP contribution in [0.25, 0.3) is 10.8 Å². The van der Waals surface area contributed by atoms with Crippen molar-refractivity contribution in [3.63, 3.8) is 0 Å². The second kappa shape index (κ2) is 4.65. The molecule has 1 unspecified atom stereocenters. The van der Waals surface area contributed by atoms with Crippen molar-refractivity contribution in [2.45, 2.75) is 12.8 Å². The van der Waals surface area contributed by atoms with E-state index in [1.165, 1.54) is 0 Å². The van der Waals surface area contributed by atoms with E-state index in [-0.39, 0.29) is 11.5 Å². The van der Waals surface area contributed by atoms with E-state index in [2.05, 4.69) is 22.1 Å². The molecule has 4 heteroatoms. The third kappa shape index (κ3) is 2.01. The average Bonchev–Trinajstić information content (AvgIpc) is 2.48. The molecule has 0 spiro atoms. The zero-order chi connectivity index (χ0) is 13.2. The Bertz CT molecular complexity index is 765. The first kappa shape index (κ1) is 11.6. The van der Waals surface area contributed by atoms with Crippen molar-refractivity contribution in [2.24, 2.45) is 0 Å². The molecule has 0 aliphatic carbocycles. The normalized spacial score (nSPS) is 12.5. The predicted molar refractivity (Wildman–Crippen MR) is 74.1 cm³/mol. The molecule has 94 valence electrons. The minimum atomic E-state index is -0.152. The fraction of sp³-hybridized carbons (Fsp3) is 0.133. The van der Waals surface area contributed by atoms with Gasteiger partial charge < -0.3 is 0 Å². The van der Waals surface area contributed by atoms with E-state index in [0.717, 1.165) is 16.6 Å². The molecule has 2 aromatic heterocycles. The molecule has 0 amide bonds. The van der Waals surface area contributed by atoms with Gasteiger partial charge in [0.1, 0.15) is 0 Å². The van der Waals surface area contributed by atoms with E-state index in [1.54, 1.807) is 12.4 Å². The second-order valence-corrected chi connectivity index (χ2v) is 4.49. The van der Waals surface area contributed by atoms with Gasteiger partial charge in [0.05, 0.1) is 11.1 Å². The van der Waals surface area contributed by atoms with E-state index in [9.17, 15) is 4.79 Å². The quantitative estimate of drug-likeness (QED) is 0.761. The SMILES string of the molecule is CC(c1ccncc1)c1n[nH]c(=O)c2ccccc12. The Morgan fingerprint density at radius 2 is 1.74 bits per heavy atom. The summed E-state index contributed by atoms with van der Waals surface area (Å²) in [5.41, 5.74) is 1.85. The lowest BCUT2D eigenvalue weighted by Crippen LogP contribution is -2.13. The highest BCUT2D eigenvalue weighted by molar-refractivity contribution is 5.84. The van der Waals surface area contributed by atoms with Crippen LogP contribution in [-0.4, -0.2) is 15.2 Å². The Balaban J connectivity index is 2.21. The molecule has 1 N–H and O–H groups in total. The smallest absolute Gasteiger partial charge is 0.267 e. The number of hydrogen-bond acceptors (Lipinski definition) is 3. The number of aromatic nitrogens is 3. The lowest BCUT2D eigenvalue weighted by atomic mass is 9.95. The van der Waals surface area contributed by atoms with Crippen LogP contribution in [0.15, 0.2) is 53.6 Å². The summed E-state index contributed by atoms with van der Waals surface area (Å²) in [4.78, 5) is 15.8. The maximum absolute atomic E-state index is 11.8. The fourth-order valence-corrected chi connectivity index (χ4v) is 2.28. The first-order valence-corrected chi connectivity index (χ1v) is 6.14. The van der Waals surface area contributed by atoms with E-state index in [0.29, 0.717) is 5.39 Å². The number of fused-ring (bicyclic) bond motifs is 1. The molecule has 2 heterocycles. The first-order chi connectivity index (χ1) is 9.27. The molecular weight excluding hydrogens is 238 g/mol. The standard InChI is InChI=1S/C15H13N3O/c1-10(11-6-8-16-9-7-11)14-12-4-2-3-5-13(12)15(19)18-17-14/h2-10H,1H3,(H,18,19). The van der Waals surface area contributed by atoms with Crippen LogP contribution in [0.3, 0.4) is 0 Å². The summed E-state index contributed by atoms with van der Waals surface area (Å²) in [6.07, 6.45) is 3.53. The molecule has 0 aliphatic rings. The second-order valence-electron chi connectivity index (χ2n) is 4.49. The zero-order valence-corrected chi connectivity index (χ0v) is 10.5. The summed E-state index contributed by atoms with van der Waals surface area (Å²) in [7, 11) is 0. The highest BCUT2D eigenvalue weighted by atomic mass is 16.1. The summed E-state index contributed by atoms with van der Waals surface area (Å²) in [5, 5.41) is 8.37. The number of rotatable bonds is 2. The van der Waals surface area contributed by atoms with Crippen molar-refractivity contribution in [2.75, 3.05) is 0 Å². The third-order valence-electron chi connectivity index (χ3n) is 3.34. The van der Waals surface area contributed by atoms with Gasteiger partial charge in [-0.1, -0.05) is 25.1 Å². The van der Waals surface area contributed by atoms with Crippen LogP contribution in [0.1, 0.15) is 24.1 Å². The molecule has 3 aromatic rings. The van der Waals surface area contributed by atoms with Gasteiger partial charge in [0.2, 0.25) is 0 Å². The van der Waals surface area contributed by atoms with E-state index < -0.39 is 0 Å². The molecule has 0 saturated heterocycles. The van der Waals surface area contributed by atoms with Crippen LogP contribution >= 0.6 is 0 Å². The molecule has 0 radical (unpaired) electrons. The van der Waals surface area contributed by atoms with E-state index in [1.807, 2.05) is 36.4 Å². The molecule has 4 nitrogen and oxygen atoms in total. The van der Waals surface area contributed by atoms with Gasteiger partial charge in [0, 0.05) is 23.7 Å². The molecule has 1 aromatic carbocycles. The van der Waals surface area contributed by atoms with Crippen LogP contribution in [-0.2, 0) is 0 Å². The molecule has 0 bridgehead atoms. The molecular formula is C15H13N3O. The van der Waals surface area contributed by atoms with Crippen molar-refractivity contribution in [3.8, 4) is 0 Å². The summed E-state index contributed by atoms with van der Waals surface area (Å²) in [5.74, 6) is 0.102. The number of benzene rings is 1. The van der Waals surface area contributed by atoms with Crippen LogP contribution in [0, 0.1) is 0 Å². The predicted octanol–water partition coefficient (Wildman–Crippen LogP) is 2.47. The van der Waals surface area contributed by atoms with Crippen molar-refractivity contribution >= 4 is 10.8 Å². The van der Waals surface area contributed by atoms with Gasteiger partial charge in [-0.15, -0.1) is 0 Å². The Morgan fingerprint density at radius 3 is 2.47 bits per heavy atom. The van der Waals surface area contributed by atoms with E-state index >= 15 is 0 Å². The van der Waals surface area contributed by atoms with Gasteiger partial charge in [-0.05, 0) is 23.8 Å². The first-order valence-electron chi connectivity index (χ1n) is 6.14. The van der Waals surface area contributed by atoms with Crippen LogP contribution < -0.4 is 5.56 Å². The van der Waals surface area contributed by atoms with Crippen LogP contribution in [0.4, 0.5) is 0 Å². The number of aromatic amines is 1. The highest BCUT2D eigenvalue weighted by Gasteiger charge is 2.14. The van der Waals surface area contributed by atoms with Gasteiger partial charge in [-0.25, -0.2) is 5.10 Å². The minimum absolute atomic E-state index is 0.102. The number of H-pyrrole nitrogens is 1. The Labute approximate surface area is 110 Å². The van der Waals surface area contributed by atoms with Gasteiger partial charge in [0.25, 0.3) is 5.56 Å². The number of hydrogen-bond donors (Lipinski definition) is 1. The highest BCUT2D eigenvalue weighted by Crippen LogP contribution is 2.26. The molecule has 0 saturated carbocycles. The summed E-state index contributed by atoms with van der Waals surface area (Å²) >= 11 is 0. The molecule has 0 aliphatic heterocycles. The summed E-state index contributed by atoms with van der Waals surface area (Å²) in [6.45, 7) is 2.07. The summed E-state index contributed by atoms with van der Waals surface area (Å²) < 4.78 is 0. The van der Waals surface area contributed by atoms with Crippen molar-refractivity contribution in [1.29, 1.82) is 0 Å². The Kier molecular flexibility index (Phi) is 2.83. The van der Waals surface area contributed by atoms with Gasteiger partial charge in [0.15, 0.2) is 0 Å². The van der Waals surface area contributed by atoms with Gasteiger partial charge in [-0.2, -0.15) is 5.10 Å². The van der Waals surface area contributed by atoms with Crippen molar-refractivity contribution in [1.82, 2.24) is 15.2 Å². The maximum atomic E-state index is 11.8.